The fourth-order valence-electron chi connectivity index (χ4n) is 2.44. The number of aliphatic carboxylic acids is 1. The van der Waals surface area contributed by atoms with Crippen LogP contribution in [0.1, 0.15) is 5.56 Å². The summed E-state index contributed by atoms with van der Waals surface area (Å²) in [5, 5.41) is 14.1. The van der Waals surface area contributed by atoms with Gasteiger partial charge in [-0.1, -0.05) is 34.1 Å². The number of carbonyl (C=O) groups is 1. The SMILES string of the molecule is O=C(O)COc1ccc(Br)cc1C/C=N/Nc1cccc2cccnc12. The number of halogens is 1. The average Bonchev–Trinajstić information content (AvgIpc) is 2.64. The molecule has 1 heterocycles. The van der Waals surface area contributed by atoms with Crippen molar-refractivity contribution in [3.8, 4) is 5.75 Å². The summed E-state index contributed by atoms with van der Waals surface area (Å²) < 4.78 is 6.20. The molecule has 132 valence electrons. The van der Waals surface area contributed by atoms with E-state index < -0.39 is 5.97 Å². The van der Waals surface area contributed by atoms with Crippen molar-refractivity contribution in [1.82, 2.24) is 4.98 Å². The Hall–Kier alpha value is -2.93. The molecule has 0 spiro atoms. The quantitative estimate of drug-likeness (QED) is 0.449. The second-order valence-corrected chi connectivity index (χ2v) is 6.36. The van der Waals surface area contributed by atoms with Crippen LogP contribution < -0.4 is 10.2 Å². The van der Waals surface area contributed by atoms with Crippen LogP contribution >= 0.6 is 15.9 Å². The van der Waals surface area contributed by atoms with E-state index in [1.54, 1.807) is 24.5 Å². The lowest BCUT2D eigenvalue weighted by molar-refractivity contribution is -0.139. The Kier molecular flexibility index (Phi) is 5.80. The van der Waals surface area contributed by atoms with Gasteiger partial charge in [-0.25, -0.2) is 4.79 Å². The minimum absolute atomic E-state index is 0.383. The van der Waals surface area contributed by atoms with E-state index in [2.05, 4.69) is 31.4 Å². The van der Waals surface area contributed by atoms with Gasteiger partial charge in [0, 0.05) is 34.3 Å². The molecule has 1 aromatic heterocycles. The molecule has 2 N–H and O–H groups in total. The first-order valence-corrected chi connectivity index (χ1v) is 8.67. The number of benzene rings is 2. The number of nitrogens with one attached hydrogen (secondary N) is 1. The standard InChI is InChI=1S/C19H16BrN3O3/c20-15-6-7-17(26-12-18(24)25)14(11-15)8-10-22-23-16-5-1-3-13-4-2-9-21-19(13)16/h1-7,9-11,23H,8,12H2,(H,24,25)/b22-10+. The molecule has 0 amide bonds. The van der Waals surface area contributed by atoms with Gasteiger partial charge in [-0.05, 0) is 30.3 Å². The lowest BCUT2D eigenvalue weighted by Crippen LogP contribution is -2.10. The van der Waals surface area contributed by atoms with Crippen LogP contribution in [-0.4, -0.2) is 28.9 Å². The molecular formula is C19H16BrN3O3. The third-order valence-electron chi connectivity index (χ3n) is 3.59. The predicted molar refractivity (Wildman–Crippen MR) is 105 cm³/mol. The van der Waals surface area contributed by atoms with Gasteiger partial charge < -0.3 is 9.84 Å². The maximum Gasteiger partial charge on any atom is 0.341 e. The second-order valence-electron chi connectivity index (χ2n) is 5.44. The zero-order valence-corrected chi connectivity index (χ0v) is 15.3. The summed E-state index contributed by atoms with van der Waals surface area (Å²) in [5.41, 5.74) is 5.50. The van der Waals surface area contributed by atoms with E-state index in [1.165, 1.54) is 0 Å². The first-order valence-electron chi connectivity index (χ1n) is 7.88. The summed E-state index contributed by atoms with van der Waals surface area (Å²) in [6.07, 6.45) is 3.93. The van der Waals surface area contributed by atoms with Crippen molar-refractivity contribution in [3.05, 3.63) is 64.8 Å². The topological polar surface area (TPSA) is 83.8 Å². The van der Waals surface area contributed by atoms with Crippen molar-refractivity contribution in [1.29, 1.82) is 0 Å². The van der Waals surface area contributed by atoms with E-state index in [0.29, 0.717) is 12.2 Å². The molecule has 0 fully saturated rings. The van der Waals surface area contributed by atoms with Crippen molar-refractivity contribution in [3.63, 3.8) is 0 Å². The van der Waals surface area contributed by atoms with Gasteiger partial charge in [0.1, 0.15) is 5.75 Å². The molecular weight excluding hydrogens is 398 g/mol. The highest BCUT2D eigenvalue weighted by Crippen LogP contribution is 2.24. The van der Waals surface area contributed by atoms with Crippen LogP contribution in [0.3, 0.4) is 0 Å². The Morgan fingerprint density at radius 1 is 1.27 bits per heavy atom. The molecule has 0 radical (unpaired) electrons. The lowest BCUT2D eigenvalue weighted by atomic mass is 10.1. The van der Waals surface area contributed by atoms with Crippen molar-refractivity contribution < 1.29 is 14.6 Å². The summed E-state index contributed by atoms with van der Waals surface area (Å²) in [7, 11) is 0. The van der Waals surface area contributed by atoms with Crippen LogP contribution in [-0.2, 0) is 11.2 Å². The highest BCUT2D eigenvalue weighted by atomic mass is 79.9. The van der Waals surface area contributed by atoms with Gasteiger partial charge in [-0.3, -0.25) is 10.4 Å². The van der Waals surface area contributed by atoms with Crippen LogP contribution in [0.5, 0.6) is 5.75 Å². The molecule has 26 heavy (non-hydrogen) atoms. The number of carboxylic acid groups (broad SMARTS) is 1. The minimum atomic E-state index is -1.02. The van der Waals surface area contributed by atoms with Gasteiger partial charge in [0.25, 0.3) is 0 Å². The second kappa shape index (κ2) is 8.44. The number of nitrogens with zero attached hydrogens (tertiary/aromatic N) is 2. The fraction of sp³-hybridized carbons (Fsp3) is 0.105. The molecule has 0 aliphatic carbocycles. The fourth-order valence-corrected chi connectivity index (χ4v) is 2.85. The molecule has 6 nitrogen and oxygen atoms in total. The van der Waals surface area contributed by atoms with Gasteiger partial charge in [0.15, 0.2) is 6.61 Å². The predicted octanol–water partition coefficient (Wildman–Crippen LogP) is 4.10. The first kappa shape index (κ1) is 17.9. The summed E-state index contributed by atoms with van der Waals surface area (Å²) in [6, 6.07) is 15.1. The van der Waals surface area contributed by atoms with Gasteiger partial charge in [-0.2, -0.15) is 5.10 Å². The number of ether oxygens (including phenoxy) is 1. The number of hydrazone groups is 1. The molecule has 0 saturated heterocycles. The number of rotatable bonds is 7. The maximum absolute atomic E-state index is 10.7. The zero-order chi connectivity index (χ0) is 18.4. The van der Waals surface area contributed by atoms with E-state index in [0.717, 1.165) is 26.6 Å². The Balaban J connectivity index is 1.70. The number of para-hydroxylation sites is 1. The molecule has 0 atom stereocenters. The van der Waals surface area contributed by atoms with Gasteiger partial charge in [0.2, 0.25) is 0 Å². The number of aromatic nitrogens is 1. The Morgan fingerprint density at radius 2 is 2.12 bits per heavy atom. The monoisotopic (exact) mass is 413 g/mol. The summed E-state index contributed by atoms with van der Waals surface area (Å²) in [5.74, 6) is -0.494. The number of hydrogen-bond donors (Lipinski definition) is 2. The first-order chi connectivity index (χ1) is 12.6. The Bertz CT molecular complexity index is 954. The van der Waals surface area contributed by atoms with E-state index in [1.807, 2.05) is 36.4 Å². The van der Waals surface area contributed by atoms with Gasteiger partial charge >= 0.3 is 5.97 Å². The molecule has 3 rings (SSSR count). The average molecular weight is 414 g/mol. The van der Waals surface area contributed by atoms with Gasteiger partial charge in [0.05, 0.1) is 11.2 Å². The van der Waals surface area contributed by atoms with Crippen LogP contribution in [0.15, 0.2) is 64.3 Å². The molecule has 0 aliphatic rings. The van der Waals surface area contributed by atoms with Gasteiger partial charge in [-0.15, -0.1) is 0 Å². The molecule has 2 aromatic carbocycles. The smallest absolute Gasteiger partial charge is 0.341 e. The highest BCUT2D eigenvalue weighted by molar-refractivity contribution is 9.10. The largest absolute Gasteiger partial charge is 0.482 e. The Morgan fingerprint density at radius 3 is 2.96 bits per heavy atom. The maximum atomic E-state index is 10.7. The highest BCUT2D eigenvalue weighted by Gasteiger charge is 2.06. The number of fused-ring (bicyclic) bond motifs is 1. The van der Waals surface area contributed by atoms with Crippen molar-refractivity contribution >= 4 is 44.7 Å². The van der Waals surface area contributed by atoms with Crippen molar-refractivity contribution in [2.45, 2.75) is 6.42 Å². The normalized spacial score (nSPS) is 11.0. The summed E-state index contributed by atoms with van der Waals surface area (Å²) in [6.45, 7) is -0.383. The number of hydrogen-bond acceptors (Lipinski definition) is 5. The van der Waals surface area contributed by atoms with Crippen LogP contribution in [0.2, 0.25) is 0 Å². The van der Waals surface area contributed by atoms with Crippen molar-refractivity contribution in [2.75, 3.05) is 12.0 Å². The van der Waals surface area contributed by atoms with Crippen LogP contribution in [0, 0.1) is 0 Å². The van der Waals surface area contributed by atoms with E-state index >= 15 is 0 Å². The van der Waals surface area contributed by atoms with E-state index in [4.69, 9.17) is 9.84 Å². The molecule has 0 saturated carbocycles. The number of pyridine rings is 1. The van der Waals surface area contributed by atoms with Crippen LogP contribution in [0.4, 0.5) is 5.69 Å². The number of anilines is 1. The Labute approximate surface area is 158 Å². The zero-order valence-electron chi connectivity index (χ0n) is 13.7. The number of carboxylic acids is 1. The molecule has 7 heteroatoms. The van der Waals surface area contributed by atoms with E-state index in [9.17, 15) is 4.79 Å². The molecule has 0 bridgehead atoms. The lowest BCUT2D eigenvalue weighted by Gasteiger charge is -2.09. The third-order valence-corrected chi connectivity index (χ3v) is 4.09. The summed E-state index contributed by atoms with van der Waals surface area (Å²) >= 11 is 3.41. The molecule has 3 aromatic rings. The van der Waals surface area contributed by atoms with E-state index in [-0.39, 0.29) is 6.61 Å². The van der Waals surface area contributed by atoms with Crippen LogP contribution in [0.25, 0.3) is 10.9 Å². The van der Waals surface area contributed by atoms with Crippen molar-refractivity contribution in [2.24, 2.45) is 5.10 Å². The summed E-state index contributed by atoms with van der Waals surface area (Å²) in [4.78, 5) is 15.1. The third kappa shape index (κ3) is 4.58. The minimum Gasteiger partial charge on any atom is -0.482 e. The molecule has 0 unspecified atom stereocenters. The molecule has 0 aliphatic heterocycles.